The first kappa shape index (κ1) is 12.2. The molecule has 0 heterocycles. The lowest BCUT2D eigenvalue weighted by molar-refractivity contribution is 0.0685. The average Bonchev–Trinajstić information content (AvgIpc) is 2.02. The van der Waals surface area contributed by atoms with Crippen molar-refractivity contribution in [3.63, 3.8) is 0 Å². The van der Waals surface area contributed by atoms with E-state index in [1.54, 1.807) is 4.90 Å². The molecule has 5 nitrogen and oxygen atoms in total. The number of hydrogen-bond donors (Lipinski definition) is 2. The Bertz CT molecular complexity index is 165. The lowest BCUT2D eigenvalue weighted by Crippen LogP contribution is -2.49. The van der Waals surface area contributed by atoms with Gasteiger partial charge < -0.3 is 15.1 Å². The van der Waals surface area contributed by atoms with Gasteiger partial charge in [0.05, 0.1) is 0 Å². The maximum absolute atomic E-state index is 11.2. The van der Waals surface area contributed by atoms with Crippen LogP contribution in [0.1, 0.15) is 20.8 Å². The van der Waals surface area contributed by atoms with Crippen molar-refractivity contribution in [1.29, 1.82) is 0 Å². The lowest BCUT2D eigenvalue weighted by atomic mass is 10.1. The molecule has 0 aromatic rings. The van der Waals surface area contributed by atoms with Crippen LogP contribution in [0, 0.1) is 0 Å². The zero-order valence-corrected chi connectivity index (χ0v) is 8.76. The predicted molar refractivity (Wildman–Crippen MR) is 51.1 cm³/mol. The van der Waals surface area contributed by atoms with Crippen LogP contribution in [-0.4, -0.2) is 36.7 Å². The van der Waals surface area contributed by atoms with E-state index in [0.717, 1.165) is 0 Å². The first-order valence-electron chi connectivity index (χ1n) is 4.26. The third-order valence-electron chi connectivity index (χ3n) is 1.72. The van der Waals surface area contributed by atoms with E-state index < -0.39 is 6.09 Å². The number of carbonyl (C=O) groups excluding carboxylic acids is 1. The topological polar surface area (TPSA) is 67.6 Å². The third kappa shape index (κ3) is 4.10. The van der Waals surface area contributed by atoms with Gasteiger partial charge in [-0.3, -0.25) is 0 Å². The maximum atomic E-state index is 11.2. The van der Waals surface area contributed by atoms with E-state index in [4.69, 9.17) is 5.90 Å². The number of nitrogens with one attached hydrogen (secondary N) is 1. The van der Waals surface area contributed by atoms with E-state index >= 15 is 0 Å². The van der Waals surface area contributed by atoms with Gasteiger partial charge in [-0.2, -0.15) is 5.90 Å². The monoisotopic (exact) mass is 189 g/mol. The van der Waals surface area contributed by atoms with Crippen molar-refractivity contribution >= 4 is 6.09 Å². The molecule has 0 saturated carbocycles. The summed E-state index contributed by atoms with van der Waals surface area (Å²) in [6, 6.07) is 0. The Morgan fingerprint density at radius 1 is 1.54 bits per heavy atom. The largest absolute Gasteiger partial charge is 0.428 e. The summed E-state index contributed by atoms with van der Waals surface area (Å²) in [4.78, 5) is 17.0. The number of nitrogens with zero attached hydrogens (tertiary/aromatic N) is 1. The first-order valence-corrected chi connectivity index (χ1v) is 4.26. The summed E-state index contributed by atoms with van der Waals surface area (Å²) in [7, 11) is 1.83. The second kappa shape index (κ2) is 5.04. The van der Waals surface area contributed by atoms with E-state index in [9.17, 15) is 4.79 Å². The Labute approximate surface area is 79.2 Å². The standard InChI is InChI=1S/C8H19N3O2/c1-8(2,3)11(6-5-10-4)7(12)13-9/h10H,5-6,9H2,1-4H3. The molecular formula is C8H19N3O2. The first-order chi connectivity index (χ1) is 5.93. The quantitative estimate of drug-likeness (QED) is 0.627. The van der Waals surface area contributed by atoms with Crippen molar-refractivity contribution in [1.82, 2.24) is 10.2 Å². The summed E-state index contributed by atoms with van der Waals surface area (Å²) in [6.07, 6.45) is -0.497. The molecule has 0 atom stereocenters. The molecule has 0 bridgehead atoms. The Morgan fingerprint density at radius 2 is 2.08 bits per heavy atom. The molecule has 0 radical (unpaired) electrons. The normalized spacial score (nSPS) is 11.2. The number of rotatable bonds is 3. The Hall–Kier alpha value is -0.810. The van der Waals surface area contributed by atoms with Crippen molar-refractivity contribution in [3.8, 4) is 0 Å². The molecule has 0 aliphatic rings. The van der Waals surface area contributed by atoms with Crippen molar-refractivity contribution < 1.29 is 9.63 Å². The van der Waals surface area contributed by atoms with E-state index in [0.29, 0.717) is 13.1 Å². The summed E-state index contributed by atoms with van der Waals surface area (Å²) in [5.41, 5.74) is -0.271. The van der Waals surface area contributed by atoms with Crippen LogP contribution >= 0.6 is 0 Å². The molecule has 0 unspecified atom stereocenters. The summed E-state index contributed by atoms with van der Waals surface area (Å²) in [6.45, 7) is 7.08. The number of hydrogen-bond acceptors (Lipinski definition) is 4. The van der Waals surface area contributed by atoms with Crippen LogP contribution in [0.2, 0.25) is 0 Å². The highest BCUT2D eigenvalue weighted by atomic mass is 16.7. The van der Waals surface area contributed by atoms with Gasteiger partial charge in [0, 0.05) is 18.6 Å². The Morgan fingerprint density at radius 3 is 2.38 bits per heavy atom. The van der Waals surface area contributed by atoms with Crippen molar-refractivity contribution in [2.45, 2.75) is 26.3 Å². The van der Waals surface area contributed by atoms with Gasteiger partial charge in [-0.1, -0.05) is 0 Å². The number of likely N-dealkylation sites (N-methyl/N-ethyl adjacent to an activating group) is 1. The molecule has 13 heavy (non-hydrogen) atoms. The van der Waals surface area contributed by atoms with E-state index in [1.807, 2.05) is 27.8 Å². The van der Waals surface area contributed by atoms with Crippen LogP contribution in [0.5, 0.6) is 0 Å². The summed E-state index contributed by atoms with van der Waals surface area (Å²) in [5, 5.41) is 2.96. The minimum atomic E-state index is -0.497. The Balaban J connectivity index is 4.28. The van der Waals surface area contributed by atoms with Gasteiger partial charge in [0.15, 0.2) is 0 Å². The fourth-order valence-electron chi connectivity index (χ4n) is 0.988. The zero-order chi connectivity index (χ0) is 10.5. The van der Waals surface area contributed by atoms with Gasteiger partial charge >= 0.3 is 6.09 Å². The minimum absolute atomic E-state index is 0.271. The SMILES string of the molecule is CNCCN(C(=O)ON)C(C)(C)C. The van der Waals surface area contributed by atoms with Crippen LogP contribution in [0.3, 0.4) is 0 Å². The van der Waals surface area contributed by atoms with E-state index in [1.165, 1.54) is 0 Å². The molecule has 0 aliphatic heterocycles. The van der Waals surface area contributed by atoms with Crippen LogP contribution in [0.25, 0.3) is 0 Å². The van der Waals surface area contributed by atoms with Gasteiger partial charge in [-0.25, -0.2) is 4.79 Å². The highest BCUT2D eigenvalue weighted by Crippen LogP contribution is 2.13. The molecule has 0 aromatic heterocycles. The van der Waals surface area contributed by atoms with Crippen LogP contribution in [-0.2, 0) is 4.84 Å². The molecule has 0 fully saturated rings. The summed E-state index contributed by atoms with van der Waals surface area (Å²) in [5.74, 6) is 4.83. The van der Waals surface area contributed by atoms with Crippen molar-refractivity contribution in [2.75, 3.05) is 20.1 Å². The molecule has 0 aliphatic carbocycles. The molecule has 5 heteroatoms. The number of amides is 1. The fourth-order valence-corrected chi connectivity index (χ4v) is 0.988. The van der Waals surface area contributed by atoms with E-state index in [-0.39, 0.29) is 5.54 Å². The van der Waals surface area contributed by atoms with Gasteiger partial charge in [0.2, 0.25) is 0 Å². The van der Waals surface area contributed by atoms with E-state index in [2.05, 4.69) is 10.2 Å². The molecule has 0 saturated heterocycles. The molecule has 0 rings (SSSR count). The van der Waals surface area contributed by atoms with Crippen LogP contribution < -0.4 is 11.2 Å². The van der Waals surface area contributed by atoms with Crippen LogP contribution in [0.4, 0.5) is 4.79 Å². The smallest absolute Gasteiger partial charge is 0.357 e. The highest BCUT2D eigenvalue weighted by Gasteiger charge is 2.26. The average molecular weight is 189 g/mol. The van der Waals surface area contributed by atoms with Gasteiger partial charge in [-0.05, 0) is 27.8 Å². The number of nitrogens with two attached hydrogens (primary N) is 1. The summed E-state index contributed by atoms with van der Waals surface area (Å²) >= 11 is 0. The third-order valence-corrected chi connectivity index (χ3v) is 1.72. The van der Waals surface area contributed by atoms with Gasteiger partial charge in [0.25, 0.3) is 0 Å². The second-order valence-electron chi connectivity index (χ2n) is 3.81. The fraction of sp³-hybridized carbons (Fsp3) is 0.875. The molecule has 0 spiro atoms. The molecule has 3 N–H and O–H groups in total. The summed E-state index contributed by atoms with van der Waals surface area (Å²) < 4.78 is 0. The van der Waals surface area contributed by atoms with Crippen molar-refractivity contribution in [3.05, 3.63) is 0 Å². The lowest BCUT2D eigenvalue weighted by Gasteiger charge is -2.33. The number of carbonyl (C=O) groups is 1. The minimum Gasteiger partial charge on any atom is -0.357 e. The zero-order valence-electron chi connectivity index (χ0n) is 8.76. The van der Waals surface area contributed by atoms with Crippen LogP contribution in [0.15, 0.2) is 0 Å². The van der Waals surface area contributed by atoms with Gasteiger partial charge in [0.1, 0.15) is 0 Å². The predicted octanol–water partition coefficient (Wildman–Crippen LogP) is 0.317. The molecule has 0 aromatic carbocycles. The highest BCUT2D eigenvalue weighted by molar-refractivity contribution is 5.68. The molecule has 1 amide bonds. The second-order valence-corrected chi connectivity index (χ2v) is 3.81. The Kier molecular flexibility index (Phi) is 4.72. The van der Waals surface area contributed by atoms with Crippen molar-refractivity contribution in [2.24, 2.45) is 5.90 Å². The van der Waals surface area contributed by atoms with Gasteiger partial charge in [-0.15, -0.1) is 0 Å². The molecule has 78 valence electrons. The maximum Gasteiger partial charge on any atom is 0.428 e. The molecular weight excluding hydrogens is 170 g/mol.